The molecule has 84 valence electrons. The van der Waals surface area contributed by atoms with Crippen LogP contribution in [0.1, 0.15) is 11.1 Å². The van der Waals surface area contributed by atoms with E-state index in [1.54, 1.807) is 0 Å². The number of aromatic nitrogens is 1. The van der Waals surface area contributed by atoms with Gasteiger partial charge in [-0.3, -0.25) is 0 Å². The molecule has 0 amide bonds. The van der Waals surface area contributed by atoms with Gasteiger partial charge in [0.2, 0.25) is 0 Å². The summed E-state index contributed by atoms with van der Waals surface area (Å²) in [4.78, 5) is 4.14. The summed E-state index contributed by atoms with van der Waals surface area (Å²) in [5.74, 6) is 0.899. The molecule has 0 aliphatic heterocycles. The first kappa shape index (κ1) is 11.0. The van der Waals surface area contributed by atoms with E-state index in [0.29, 0.717) is 11.4 Å². The third-order valence-corrected chi connectivity index (χ3v) is 2.40. The number of benzene rings is 1. The molecule has 3 N–H and O–H groups in total. The van der Waals surface area contributed by atoms with Gasteiger partial charge < -0.3 is 11.1 Å². The van der Waals surface area contributed by atoms with Gasteiger partial charge in [0.15, 0.2) is 0 Å². The number of rotatable bonds is 2. The highest BCUT2D eigenvalue weighted by molar-refractivity contribution is 5.63. The molecule has 1 aromatic heterocycles. The Morgan fingerprint density at radius 2 is 2.00 bits per heavy atom. The standard InChI is InChI=1S/C13H12N4/c1-9-7-12(17-13(15)11(9)8-14)16-10-5-3-2-4-6-10/h2-7H,1H3,(H3,15,16,17). The number of anilines is 3. The minimum Gasteiger partial charge on any atom is -0.383 e. The zero-order valence-corrected chi connectivity index (χ0v) is 9.44. The second kappa shape index (κ2) is 4.54. The number of hydrogen-bond acceptors (Lipinski definition) is 4. The molecule has 2 aromatic rings. The Balaban J connectivity index is 2.33. The zero-order chi connectivity index (χ0) is 12.3. The number of nitrogen functional groups attached to an aromatic ring is 1. The molecule has 0 aliphatic carbocycles. The van der Waals surface area contributed by atoms with E-state index in [1.807, 2.05) is 49.4 Å². The van der Waals surface area contributed by atoms with Gasteiger partial charge in [-0.1, -0.05) is 18.2 Å². The molecule has 0 atom stereocenters. The Morgan fingerprint density at radius 3 is 2.59 bits per heavy atom. The van der Waals surface area contributed by atoms with E-state index in [0.717, 1.165) is 11.3 Å². The number of hydrogen-bond donors (Lipinski definition) is 2. The van der Waals surface area contributed by atoms with Gasteiger partial charge in [0, 0.05) is 5.69 Å². The summed E-state index contributed by atoms with van der Waals surface area (Å²) in [6.07, 6.45) is 0. The van der Waals surface area contributed by atoms with Crippen LogP contribution in [0.25, 0.3) is 0 Å². The van der Waals surface area contributed by atoms with Crippen LogP contribution in [0, 0.1) is 18.3 Å². The molecule has 4 nitrogen and oxygen atoms in total. The second-order valence-electron chi connectivity index (χ2n) is 3.69. The maximum atomic E-state index is 8.89. The summed E-state index contributed by atoms with van der Waals surface area (Å²) in [5, 5.41) is 12.0. The van der Waals surface area contributed by atoms with Crippen molar-refractivity contribution >= 4 is 17.3 Å². The summed E-state index contributed by atoms with van der Waals surface area (Å²) < 4.78 is 0. The van der Waals surface area contributed by atoms with Crippen LogP contribution in [0.5, 0.6) is 0 Å². The number of nitrogens with one attached hydrogen (secondary N) is 1. The fourth-order valence-corrected chi connectivity index (χ4v) is 1.58. The molecular weight excluding hydrogens is 212 g/mol. The molecule has 1 heterocycles. The van der Waals surface area contributed by atoms with Crippen molar-refractivity contribution in [2.75, 3.05) is 11.1 Å². The molecule has 0 spiro atoms. The zero-order valence-electron chi connectivity index (χ0n) is 9.44. The van der Waals surface area contributed by atoms with Crippen molar-refractivity contribution in [3.63, 3.8) is 0 Å². The van der Waals surface area contributed by atoms with Crippen LogP contribution < -0.4 is 11.1 Å². The first-order valence-electron chi connectivity index (χ1n) is 5.20. The lowest BCUT2D eigenvalue weighted by molar-refractivity contribution is 1.26. The van der Waals surface area contributed by atoms with Crippen LogP contribution in [0.15, 0.2) is 36.4 Å². The molecule has 0 saturated heterocycles. The van der Waals surface area contributed by atoms with Crippen molar-refractivity contribution in [1.82, 2.24) is 4.98 Å². The summed E-state index contributed by atoms with van der Waals surface area (Å²) >= 11 is 0. The fourth-order valence-electron chi connectivity index (χ4n) is 1.58. The first-order chi connectivity index (χ1) is 8.20. The fraction of sp³-hybridized carbons (Fsp3) is 0.0769. The van der Waals surface area contributed by atoms with E-state index in [2.05, 4.69) is 10.3 Å². The van der Waals surface area contributed by atoms with Gasteiger partial charge in [-0.25, -0.2) is 4.98 Å². The largest absolute Gasteiger partial charge is 0.383 e. The van der Waals surface area contributed by atoms with E-state index < -0.39 is 0 Å². The average Bonchev–Trinajstić information content (AvgIpc) is 2.30. The SMILES string of the molecule is Cc1cc(Nc2ccccc2)nc(N)c1C#N. The van der Waals surface area contributed by atoms with Crippen LogP contribution in [0.2, 0.25) is 0 Å². The Morgan fingerprint density at radius 1 is 1.29 bits per heavy atom. The third kappa shape index (κ3) is 2.34. The van der Waals surface area contributed by atoms with Gasteiger partial charge in [-0.15, -0.1) is 0 Å². The van der Waals surface area contributed by atoms with E-state index in [1.165, 1.54) is 0 Å². The molecule has 0 saturated carbocycles. The van der Waals surface area contributed by atoms with Crippen molar-refractivity contribution in [1.29, 1.82) is 5.26 Å². The minimum absolute atomic E-state index is 0.255. The van der Waals surface area contributed by atoms with Gasteiger partial charge in [0.25, 0.3) is 0 Å². The molecule has 0 fully saturated rings. The number of pyridine rings is 1. The molecule has 17 heavy (non-hydrogen) atoms. The quantitative estimate of drug-likeness (QED) is 0.822. The molecule has 2 rings (SSSR count). The van der Waals surface area contributed by atoms with Crippen LogP contribution in [-0.2, 0) is 0 Å². The van der Waals surface area contributed by atoms with E-state index in [4.69, 9.17) is 11.0 Å². The lowest BCUT2D eigenvalue weighted by atomic mass is 10.1. The van der Waals surface area contributed by atoms with Crippen LogP contribution in [0.3, 0.4) is 0 Å². The Hall–Kier alpha value is -2.54. The van der Waals surface area contributed by atoms with Crippen molar-refractivity contribution in [2.24, 2.45) is 0 Å². The number of para-hydroxylation sites is 1. The smallest absolute Gasteiger partial charge is 0.144 e. The lowest BCUT2D eigenvalue weighted by Gasteiger charge is -2.08. The number of nitrogens with zero attached hydrogens (tertiary/aromatic N) is 2. The topological polar surface area (TPSA) is 74.7 Å². The van der Waals surface area contributed by atoms with Gasteiger partial charge in [-0.05, 0) is 30.7 Å². The molecule has 0 aliphatic rings. The highest BCUT2D eigenvalue weighted by Gasteiger charge is 2.06. The average molecular weight is 224 g/mol. The molecule has 0 bridgehead atoms. The summed E-state index contributed by atoms with van der Waals surface area (Å²) in [6.45, 7) is 1.84. The lowest BCUT2D eigenvalue weighted by Crippen LogP contribution is -2.01. The molecule has 0 unspecified atom stereocenters. The summed E-state index contributed by atoms with van der Waals surface area (Å²) in [7, 11) is 0. The first-order valence-corrected chi connectivity index (χ1v) is 5.20. The van der Waals surface area contributed by atoms with Gasteiger partial charge in [-0.2, -0.15) is 5.26 Å². The van der Waals surface area contributed by atoms with Crippen molar-refractivity contribution in [3.8, 4) is 6.07 Å². The monoisotopic (exact) mass is 224 g/mol. The summed E-state index contributed by atoms with van der Waals surface area (Å²) in [6, 6.07) is 13.5. The highest BCUT2D eigenvalue weighted by Crippen LogP contribution is 2.20. The number of nitrogens with two attached hydrogens (primary N) is 1. The molecule has 1 aromatic carbocycles. The van der Waals surface area contributed by atoms with Crippen molar-refractivity contribution in [2.45, 2.75) is 6.92 Å². The van der Waals surface area contributed by atoms with Gasteiger partial charge in [0.05, 0.1) is 5.56 Å². The normalized spacial score (nSPS) is 9.65. The van der Waals surface area contributed by atoms with Crippen LogP contribution in [0.4, 0.5) is 17.3 Å². The predicted octanol–water partition coefficient (Wildman–Crippen LogP) is 2.59. The predicted molar refractivity (Wildman–Crippen MR) is 67.8 cm³/mol. The second-order valence-corrected chi connectivity index (χ2v) is 3.69. The van der Waals surface area contributed by atoms with Gasteiger partial charge >= 0.3 is 0 Å². The van der Waals surface area contributed by atoms with Gasteiger partial charge in [0.1, 0.15) is 17.7 Å². The Kier molecular flexibility index (Phi) is 2.93. The maximum absolute atomic E-state index is 8.89. The molecular formula is C13H12N4. The molecule has 4 heteroatoms. The van der Waals surface area contributed by atoms with Crippen LogP contribution >= 0.6 is 0 Å². The van der Waals surface area contributed by atoms with E-state index in [-0.39, 0.29) is 5.82 Å². The number of nitriles is 1. The minimum atomic E-state index is 0.255. The molecule has 0 radical (unpaired) electrons. The third-order valence-electron chi connectivity index (χ3n) is 2.40. The Bertz CT molecular complexity index is 547. The Labute approximate surface area is 99.7 Å². The van der Waals surface area contributed by atoms with Crippen LogP contribution in [-0.4, -0.2) is 4.98 Å². The van der Waals surface area contributed by atoms with E-state index >= 15 is 0 Å². The highest BCUT2D eigenvalue weighted by atomic mass is 15.0. The van der Waals surface area contributed by atoms with Crippen molar-refractivity contribution < 1.29 is 0 Å². The number of aryl methyl sites for hydroxylation is 1. The van der Waals surface area contributed by atoms with E-state index in [9.17, 15) is 0 Å². The van der Waals surface area contributed by atoms with Crippen molar-refractivity contribution in [3.05, 3.63) is 47.5 Å². The maximum Gasteiger partial charge on any atom is 0.144 e. The summed E-state index contributed by atoms with van der Waals surface area (Å²) in [5.41, 5.74) is 7.90.